The molecule has 0 radical (unpaired) electrons. The van der Waals surface area contributed by atoms with Gasteiger partial charge in [0.15, 0.2) is 5.82 Å². The van der Waals surface area contributed by atoms with E-state index in [1.54, 1.807) is 0 Å². The Hall–Kier alpha value is -1.94. The minimum Gasteiger partial charge on any atom is -0.486 e. The highest BCUT2D eigenvalue weighted by Gasteiger charge is 2.08. The van der Waals surface area contributed by atoms with E-state index in [0.717, 1.165) is 35.8 Å². The predicted octanol–water partition coefficient (Wildman–Crippen LogP) is 2.56. The minimum atomic E-state index is 0.392. The Morgan fingerprint density at radius 3 is 2.30 bits per heavy atom. The summed E-state index contributed by atoms with van der Waals surface area (Å²) in [5.41, 5.74) is 8.82. The highest BCUT2D eigenvalue weighted by Crippen LogP contribution is 2.14. The number of nitrogens with two attached hydrogens (primary N) is 1. The first-order valence-electron chi connectivity index (χ1n) is 6.91. The number of benzene rings is 1. The van der Waals surface area contributed by atoms with E-state index >= 15 is 0 Å². The summed E-state index contributed by atoms with van der Waals surface area (Å²) in [5.74, 6) is 1.55. The molecule has 4 heteroatoms. The predicted molar refractivity (Wildman–Crippen MR) is 79.7 cm³/mol. The van der Waals surface area contributed by atoms with Crippen LogP contribution in [0.1, 0.15) is 29.2 Å². The van der Waals surface area contributed by atoms with Gasteiger partial charge in [0.05, 0.1) is 0 Å². The lowest BCUT2D eigenvalue weighted by Gasteiger charge is -2.11. The lowest BCUT2D eigenvalue weighted by Crippen LogP contribution is -2.09. The topological polar surface area (TPSA) is 61.0 Å². The van der Waals surface area contributed by atoms with Crippen LogP contribution in [0, 0.1) is 13.8 Å². The highest BCUT2D eigenvalue weighted by atomic mass is 16.5. The third-order valence-corrected chi connectivity index (χ3v) is 3.21. The van der Waals surface area contributed by atoms with Crippen molar-refractivity contribution in [2.45, 2.75) is 33.3 Å². The standard InChI is InChI=1S/C16H21N3O/c1-12-15(9-6-10-17)13(2)19-16(18-12)11-20-14-7-4-3-5-8-14/h3-5,7-8H,6,9-11,17H2,1-2H3. The molecule has 1 aromatic carbocycles. The molecule has 2 N–H and O–H groups in total. The Balaban J connectivity index is 2.06. The van der Waals surface area contributed by atoms with Crippen LogP contribution in [-0.4, -0.2) is 16.5 Å². The molecular weight excluding hydrogens is 250 g/mol. The summed E-state index contributed by atoms with van der Waals surface area (Å²) in [6.45, 7) is 5.12. The number of aromatic nitrogens is 2. The Morgan fingerprint density at radius 1 is 1.05 bits per heavy atom. The summed E-state index contributed by atoms with van der Waals surface area (Å²) >= 11 is 0. The second-order valence-electron chi connectivity index (χ2n) is 4.78. The normalized spacial score (nSPS) is 10.6. The van der Waals surface area contributed by atoms with E-state index in [0.29, 0.717) is 13.2 Å². The first-order chi connectivity index (χ1) is 9.70. The highest BCUT2D eigenvalue weighted by molar-refractivity contribution is 5.25. The molecule has 0 aliphatic heterocycles. The van der Waals surface area contributed by atoms with E-state index < -0.39 is 0 Å². The number of nitrogens with zero attached hydrogens (tertiary/aromatic N) is 2. The average Bonchev–Trinajstić information content (AvgIpc) is 2.45. The molecular formula is C16H21N3O. The summed E-state index contributed by atoms with van der Waals surface area (Å²) < 4.78 is 5.68. The maximum absolute atomic E-state index is 5.68. The molecule has 0 amide bonds. The zero-order valence-corrected chi connectivity index (χ0v) is 12.1. The van der Waals surface area contributed by atoms with E-state index in [-0.39, 0.29) is 0 Å². The van der Waals surface area contributed by atoms with Crippen molar-refractivity contribution in [1.82, 2.24) is 9.97 Å². The largest absolute Gasteiger partial charge is 0.486 e. The molecule has 0 spiro atoms. The van der Waals surface area contributed by atoms with Crippen molar-refractivity contribution >= 4 is 0 Å². The lowest BCUT2D eigenvalue weighted by molar-refractivity contribution is 0.295. The summed E-state index contributed by atoms with van der Waals surface area (Å²) in [7, 11) is 0. The number of hydrogen-bond donors (Lipinski definition) is 1. The van der Waals surface area contributed by atoms with Gasteiger partial charge in [0.1, 0.15) is 12.4 Å². The second kappa shape index (κ2) is 7.01. The first kappa shape index (κ1) is 14.5. The van der Waals surface area contributed by atoms with Crippen LogP contribution in [-0.2, 0) is 13.0 Å². The molecule has 0 atom stereocenters. The van der Waals surface area contributed by atoms with E-state index in [1.807, 2.05) is 44.2 Å². The van der Waals surface area contributed by atoms with Gasteiger partial charge in [-0.05, 0) is 50.9 Å². The van der Waals surface area contributed by atoms with E-state index in [4.69, 9.17) is 10.5 Å². The van der Waals surface area contributed by atoms with Crippen LogP contribution < -0.4 is 10.5 Å². The van der Waals surface area contributed by atoms with Gasteiger partial charge in [-0.2, -0.15) is 0 Å². The molecule has 106 valence electrons. The molecule has 4 nitrogen and oxygen atoms in total. The van der Waals surface area contributed by atoms with Crippen molar-refractivity contribution in [1.29, 1.82) is 0 Å². The quantitative estimate of drug-likeness (QED) is 0.877. The molecule has 0 bridgehead atoms. The van der Waals surface area contributed by atoms with Crippen molar-refractivity contribution in [3.63, 3.8) is 0 Å². The number of rotatable bonds is 6. The van der Waals surface area contributed by atoms with Crippen LogP contribution in [0.15, 0.2) is 30.3 Å². The van der Waals surface area contributed by atoms with Crippen LogP contribution >= 0.6 is 0 Å². The molecule has 2 rings (SSSR count). The van der Waals surface area contributed by atoms with Crippen LogP contribution in [0.3, 0.4) is 0 Å². The van der Waals surface area contributed by atoms with E-state index in [9.17, 15) is 0 Å². The maximum atomic E-state index is 5.68. The molecule has 0 saturated heterocycles. The SMILES string of the molecule is Cc1nc(COc2ccccc2)nc(C)c1CCCN. The molecule has 0 unspecified atom stereocenters. The van der Waals surface area contributed by atoms with Gasteiger partial charge in [-0.15, -0.1) is 0 Å². The lowest BCUT2D eigenvalue weighted by atomic mass is 10.1. The van der Waals surface area contributed by atoms with Gasteiger partial charge in [-0.1, -0.05) is 18.2 Å². The number of hydrogen-bond acceptors (Lipinski definition) is 4. The third-order valence-electron chi connectivity index (χ3n) is 3.21. The van der Waals surface area contributed by atoms with Gasteiger partial charge in [0.25, 0.3) is 0 Å². The molecule has 0 aliphatic rings. The minimum absolute atomic E-state index is 0.392. The fraction of sp³-hybridized carbons (Fsp3) is 0.375. The van der Waals surface area contributed by atoms with Crippen LogP contribution in [0.4, 0.5) is 0 Å². The molecule has 20 heavy (non-hydrogen) atoms. The van der Waals surface area contributed by atoms with Gasteiger partial charge in [0.2, 0.25) is 0 Å². The van der Waals surface area contributed by atoms with Crippen LogP contribution in [0.25, 0.3) is 0 Å². The van der Waals surface area contributed by atoms with Gasteiger partial charge >= 0.3 is 0 Å². The zero-order valence-electron chi connectivity index (χ0n) is 12.1. The van der Waals surface area contributed by atoms with Gasteiger partial charge in [-0.3, -0.25) is 0 Å². The third kappa shape index (κ3) is 3.78. The Kier molecular flexibility index (Phi) is 5.07. The molecule has 0 fully saturated rings. The molecule has 2 aromatic rings. The van der Waals surface area contributed by atoms with Crippen molar-refractivity contribution in [2.24, 2.45) is 5.73 Å². The maximum Gasteiger partial charge on any atom is 0.166 e. The summed E-state index contributed by atoms with van der Waals surface area (Å²) in [4.78, 5) is 9.05. The molecule has 1 heterocycles. The fourth-order valence-electron chi connectivity index (χ4n) is 2.18. The molecule has 0 saturated carbocycles. The number of aryl methyl sites for hydroxylation is 2. The van der Waals surface area contributed by atoms with E-state index in [1.165, 1.54) is 5.56 Å². The van der Waals surface area contributed by atoms with Crippen molar-refractivity contribution in [3.8, 4) is 5.75 Å². The Morgan fingerprint density at radius 2 is 1.70 bits per heavy atom. The van der Waals surface area contributed by atoms with Crippen LogP contribution in [0.5, 0.6) is 5.75 Å². The average molecular weight is 271 g/mol. The summed E-state index contributed by atoms with van der Waals surface area (Å²) in [6.07, 6.45) is 1.90. The number of ether oxygens (including phenoxy) is 1. The van der Waals surface area contributed by atoms with E-state index in [2.05, 4.69) is 9.97 Å². The summed E-state index contributed by atoms with van der Waals surface area (Å²) in [6, 6.07) is 9.71. The fourth-order valence-corrected chi connectivity index (χ4v) is 2.18. The van der Waals surface area contributed by atoms with Gasteiger partial charge < -0.3 is 10.5 Å². The van der Waals surface area contributed by atoms with Crippen molar-refractivity contribution < 1.29 is 4.74 Å². The van der Waals surface area contributed by atoms with Crippen molar-refractivity contribution in [3.05, 3.63) is 53.1 Å². The monoisotopic (exact) mass is 271 g/mol. The van der Waals surface area contributed by atoms with Gasteiger partial charge in [0, 0.05) is 11.4 Å². The van der Waals surface area contributed by atoms with Crippen molar-refractivity contribution in [2.75, 3.05) is 6.54 Å². The van der Waals surface area contributed by atoms with Crippen LogP contribution in [0.2, 0.25) is 0 Å². The Bertz CT molecular complexity index is 532. The molecule has 1 aromatic heterocycles. The van der Waals surface area contributed by atoms with Gasteiger partial charge in [-0.25, -0.2) is 9.97 Å². The smallest absolute Gasteiger partial charge is 0.166 e. The molecule has 0 aliphatic carbocycles. The first-order valence-corrected chi connectivity index (χ1v) is 6.91. The number of para-hydroxylation sites is 1. The zero-order chi connectivity index (χ0) is 14.4. The second-order valence-corrected chi connectivity index (χ2v) is 4.78. The summed E-state index contributed by atoms with van der Waals surface area (Å²) in [5, 5.41) is 0. The Labute approximate surface area is 120 Å².